The molecule has 90 valence electrons. The zero-order chi connectivity index (χ0) is 11.9. The van der Waals surface area contributed by atoms with Crippen LogP contribution in [0.3, 0.4) is 0 Å². The molecule has 0 spiro atoms. The normalized spacial score (nSPS) is 26.3. The summed E-state index contributed by atoms with van der Waals surface area (Å²) in [4.78, 5) is 25.1. The summed E-state index contributed by atoms with van der Waals surface area (Å²) in [6.45, 7) is -1.30. The smallest absolute Gasteiger partial charge is 0.329 e. The molecule has 0 radical (unpaired) electrons. The standard InChI is InChI=1S/C9H11F3N2O2/c10-9(11,12)5-13-4-7(15)14-3-1-2-6(14)8(13)16/h6H,1-5H2. The largest absolute Gasteiger partial charge is 0.406 e. The van der Waals surface area contributed by atoms with E-state index in [1.165, 1.54) is 4.90 Å². The maximum absolute atomic E-state index is 12.2. The topological polar surface area (TPSA) is 40.6 Å². The Balaban J connectivity index is 2.11. The van der Waals surface area contributed by atoms with Gasteiger partial charge in [0, 0.05) is 6.54 Å². The Kier molecular flexibility index (Phi) is 2.55. The maximum Gasteiger partial charge on any atom is 0.406 e. The molecule has 1 atom stereocenters. The van der Waals surface area contributed by atoms with Crippen LogP contribution in [-0.2, 0) is 9.59 Å². The lowest BCUT2D eigenvalue weighted by Gasteiger charge is -2.36. The van der Waals surface area contributed by atoms with Gasteiger partial charge in [0.2, 0.25) is 11.8 Å². The van der Waals surface area contributed by atoms with Crippen LogP contribution >= 0.6 is 0 Å². The predicted molar refractivity (Wildman–Crippen MR) is 47.4 cm³/mol. The highest BCUT2D eigenvalue weighted by Crippen LogP contribution is 2.26. The summed E-state index contributed by atoms with van der Waals surface area (Å²) in [6.07, 6.45) is -3.29. The predicted octanol–water partition coefficient (Wildman–Crippen LogP) is 0.382. The van der Waals surface area contributed by atoms with Crippen molar-refractivity contribution in [3.8, 4) is 0 Å². The molecule has 0 aromatic carbocycles. The van der Waals surface area contributed by atoms with Crippen LogP contribution in [0.25, 0.3) is 0 Å². The second kappa shape index (κ2) is 3.64. The monoisotopic (exact) mass is 236 g/mol. The zero-order valence-electron chi connectivity index (χ0n) is 8.46. The Labute approximate surface area is 90.0 Å². The Bertz CT molecular complexity index is 329. The molecule has 0 saturated carbocycles. The van der Waals surface area contributed by atoms with Gasteiger partial charge in [-0.25, -0.2) is 0 Å². The average molecular weight is 236 g/mol. The first-order valence-electron chi connectivity index (χ1n) is 5.03. The number of piperazine rings is 1. The molecule has 0 aromatic heterocycles. The van der Waals surface area contributed by atoms with Crippen molar-refractivity contribution in [3.63, 3.8) is 0 Å². The van der Waals surface area contributed by atoms with Gasteiger partial charge in [-0.2, -0.15) is 13.2 Å². The minimum absolute atomic E-state index is 0.383. The fourth-order valence-corrected chi connectivity index (χ4v) is 2.21. The van der Waals surface area contributed by atoms with Crippen molar-refractivity contribution in [1.82, 2.24) is 9.80 Å². The fourth-order valence-electron chi connectivity index (χ4n) is 2.21. The molecule has 1 unspecified atom stereocenters. The summed E-state index contributed by atoms with van der Waals surface area (Å²) in [5, 5.41) is 0. The Hall–Kier alpha value is -1.27. The van der Waals surface area contributed by atoms with E-state index in [0.29, 0.717) is 24.3 Å². The molecule has 0 bridgehead atoms. The van der Waals surface area contributed by atoms with E-state index in [1.54, 1.807) is 0 Å². The molecule has 0 N–H and O–H groups in total. The first kappa shape index (κ1) is 11.2. The molecule has 2 aliphatic rings. The van der Waals surface area contributed by atoms with Crippen LogP contribution in [0, 0.1) is 0 Å². The highest BCUT2D eigenvalue weighted by Gasteiger charge is 2.45. The molecule has 4 nitrogen and oxygen atoms in total. The summed E-state index contributed by atoms with van der Waals surface area (Å²) in [5.41, 5.74) is 0. The molecule has 2 amide bonds. The number of alkyl halides is 3. The van der Waals surface area contributed by atoms with Crippen molar-refractivity contribution in [1.29, 1.82) is 0 Å². The summed E-state index contributed by atoms with van der Waals surface area (Å²) in [6, 6.07) is -0.663. The number of carbonyl (C=O) groups excluding carboxylic acids is 2. The van der Waals surface area contributed by atoms with Gasteiger partial charge >= 0.3 is 6.18 Å². The van der Waals surface area contributed by atoms with Gasteiger partial charge in [-0.05, 0) is 12.8 Å². The molecule has 2 heterocycles. The van der Waals surface area contributed by atoms with E-state index in [0.717, 1.165) is 0 Å². The number of fused-ring (bicyclic) bond motifs is 1. The summed E-state index contributed by atoms with van der Waals surface area (Å²) in [5.74, 6) is -0.958. The molecule has 2 aliphatic heterocycles. The Morgan fingerprint density at radius 2 is 2.00 bits per heavy atom. The molecular formula is C9H11F3N2O2. The van der Waals surface area contributed by atoms with Crippen LogP contribution in [0.1, 0.15) is 12.8 Å². The lowest BCUT2D eigenvalue weighted by molar-refractivity contribution is -0.173. The summed E-state index contributed by atoms with van der Waals surface area (Å²) >= 11 is 0. The highest BCUT2D eigenvalue weighted by molar-refractivity contribution is 5.95. The zero-order valence-corrected chi connectivity index (χ0v) is 8.46. The molecule has 2 saturated heterocycles. The number of amides is 2. The van der Waals surface area contributed by atoms with E-state index in [2.05, 4.69) is 0 Å². The minimum atomic E-state index is -4.45. The summed E-state index contributed by atoms with van der Waals surface area (Å²) < 4.78 is 36.5. The average Bonchev–Trinajstić information content (AvgIpc) is 2.60. The van der Waals surface area contributed by atoms with Crippen molar-refractivity contribution in [2.24, 2.45) is 0 Å². The molecule has 7 heteroatoms. The van der Waals surface area contributed by atoms with Crippen molar-refractivity contribution in [2.45, 2.75) is 25.1 Å². The van der Waals surface area contributed by atoms with Crippen LogP contribution in [0.2, 0.25) is 0 Å². The van der Waals surface area contributed by atoms with Crippen molar-refractivity contribution in [2.75, 3.05) is 19.6 Å². The van der Waals surface area contributed by atoms with Gasteiger partial charge in [0.05, 0.1) is 0 Å². The summed E-state index contributed by atoms with van der Waals surface area (Å²) in [7, 11) is 0. The van der Waals surface area contributed by atoms with Crippen molar-refractivity contribution in [3.05, 3.63) is 0 Å². The van der Waals surface area contributed by atoms with Gasteiger partial charge in [0.15, 0.2) is 0 Å². The third-order valence-electron chi connectivity index (χ3n) is 2.87. The van der Waals surface area contributed by atoms with E-state index in [1.807, 2.05) is 0 Å². The molecule has 0 aromatic rings. The molecule has 0 aliphatic carbocycles. The van der Waals surface area contributed by atoms with Crippen LogP contribution in [-0.4, -0.2) is 53.5 Å². The van der Waals surface area contributed by atoms with Crippen LogP contribution in [0.4, 0.5) is 13.2 Å². The number of nitrogens with zero attached hydrogens (tertiary/aromatic N) is 2. The van der Waals surface area contributed by atoms with Gasteiger partial charge < -0.3 is 9.80 Å². The first-order chi connectivity index (χ1) is 7.38. The number of halogens is 3. The highest BCUT2D eigenvalue weighted by atomic mass is 19.4. The first-order valence-corrected chi connectivity index (χ1v) is 5.03. The van der Waals surface area contributed by atoms with Gasteiger partial charge in [0.1, 0.15) is 19.1 Å². The van der Waals surface area contributed by atoms with Gasteiger partial charge in [-0.3, -0.25) is 9.59 Å². The lowest BCUT2D eigenvalue weighted by Crippen LogP contribution is -2.58. The van der Waals surface area contributed by atoms with Gasteiger partial charge in [-0.15, -0.1) is 0 Å². The van der Waals surface area contributed by atoms with Crippen LogP contribution in [0.5, 0.6) is 0 Å². The third kappa shape index (κ3) is 1.98. The van der Waals surface area contributed by atoms with E-state index in [4.69, 9.17) is 0 Å². The Morgan fingerprint density at radius 1 is 1.31 bits per heavy atom. The number of carbonyl (C=O) groups is 2. The van der Waals surface area contributed by atoms with E-state index in [9.17, 15) is 22.8 Å². The fraction of sp³-hybridized carbons (Fsp3) is 0.778. The van der Waals surface area contributed by atoms with E-state index < -0.39 is 31.2 Å². The number of hydrogen-bond acceptors (Lipinski definition) is 2. The second-order valence-electron chi connectivity index (χ2n) is 4.05. The SMILES string of the molecule is O=C1C2CCCN2C(=O)CN1CC(F)(F)F. The van der Waals surface area contributed by atoms with Crippen molar-refractivity contribution >= 4 is 11.8 Å². The molecule has 16 heavy (non-hydrogen) atoms. The lowest BCUT2D eigenvalue weighted by atomic mass is 10.1. The third-order valence-corrected chi connectivity index (χ3v) is 2.87. The van der Waals surface area contributed by atoms with E-state index >= 15 is 0 Å². The minimum Gasteiger partial charge on any atom is -0.329 e. The van der Waals surface area contributed by atoms with E-state index in [-0.39, 0.29) is 5.91 Å². The maximum atomic E-state index is 12.2. The second-order valence-corrected chi connectivity index (χ2v) is 4.05. The Morgan fingerprint density at radius 3 is 2.62 bits per heavy atom. The van der Waals surface area contributed by atoms with Gasteiger partial charge in [0.25, 0.3) is 0 Å². The number of hydrogen-bond donors (Lipinski definition) is 0. The van der Waals surface area contributed by atoms with Gasteiger partial charge in [-0.1, -0.05) is 0 Å². The van der Waals surface area contributed by atoms with Crippen LogP contribution < -0.4 is 0 Å². The quantitative estimate of drug-likeness (QED) is 0.660. The number of rotatable bonds is 1. The van der Waals surface area contributed by atoms with Crippen molar-refractivity contribution < 1.29 is 22.8 Å². The molecule has 2 rings (SSSR count). The molecule has 2 fully saturated rings. The van der Waals surface area contributed by atoms with Crippen LogP contribution in [0.15, 0.2) is 0 Å². The molecular weight excluding hydrogens is 225 g/mol.